The van der Waals surface area contributed by atoms with Crippen LogP contribution in [-0.2, 0) is 6.54 Å². The molecular formula is C14H24N4. The molecule has 1 aliphatic rings. The SMILES string of the molecule is CN(C)c1ncc(CN2CCCCCCC2)cn1. The molecule has 0 N–H and O–H groups in total. The third-order valence-corrected chi connectivity index (χ3v) is 3.45. The Morgan fingerprint density at radius 2 is 1.56 bits per heavy atom. The maximum Gasteiger partial charge on any atom is 0.224 e. The van der Waals surface area contributed by atoms with Crippen LogP contribution in [0.15, 0.2) is 12.4 Å². The number of rotatable bonds is 3. The zero-order chi connectivity index (χ0) is 12.8. The Labute approximate surface area is 110 Å². The highest BCUT2D eigenvalue weighted by Crippen LogP contribution is 2.13. The Morgan fingerprint density at radius 1 is 1.00 bits per heavy atom. The van der Waals surface area contributed by atoms with Gasteiger partial charge in [-0.15, -0.1) is 0 Å². The zero-order valence-electron chi connectivity index (χ0n) is 11.6. The van der Waals surface area contributed by atoms with Gasteiger partial charge in [-0.1, -0.05) is 19.3 Å². The summed E-state index contributed by atoms with van der Waals surface area (Å²) < 4.78 is 0. The van der Waals surface area contributed by atoms with E-state index in [-0.39, 0.29) is 0 Å². The summed E-state index contributed by atoms with van der Waals surface area (Å²) in [5.41, 5.74) is 1.22. The lowest BCUT2D eigenvalue weighted by atomic mass is 10.1. The topological polar surface area (TPSA) is 32.3 Å². The van der Waals surface area contributed by atoms with E-state index in [1.807, 2.05) is 31.4 Å². The summed E-state index contributed by atoms with van der Waals surface area (Å²) >= 11 is 0. The highest BCUT2D eigenvalue weighted by atomic mass is 15.2. The van der Waals surface area contributed by atoms with Crippen LogP contribution in [0.1, 0.15) is 37.7 Å². The largest absolute Gasteiger partial charge is 0.347 e. The maximum absolute atomic E-state index is 4.37. The van der Waals surface area contributed by atoms with E-state index in [0.29, 0.717) is 0 Å². The summed E-state index contributed by atoms with van der Waals surface area (Å²) in [6.07, 6.45) is 10.8. The second-order valence-corrected chi connectivity index (χ2v) is 5.33. The molecule has 0 saturated carbocycles. The summed E-state index contributed by atoms with van der Waals surface area (Å²) in [5.74, 6) is 0.784. The minimum absolute atomic E-state index is 0.784. The van der Waals surface area contributed by atoms with E-state index in [2.05, 4.69) is 14.9 Å². The fourth-order valence-electron chi connectivity index (χ4n) is 2.39. The highest BCUT2D eigenvalue weighted by molar-refractivity contribution is 5.26. The number of nitrogens with zero attached hydrogens (tertiary/aromatic N) is 4. The number of aromatic nitrogens is 2. The van der Waals surface area contributed by atoms with Crippen molar-refractivity contribution < 1.29 is 0 Å². The van der Waals surface area contributed by atoms with Crippen molar-refractivity contribution in [1.29, 1.82) is 0 Å². The lowest BCUT2D eigenvalue weighted by Gasteiger charge is -2.24. The molecule has 0 spiro atoms. The molecule has 1 saturated heterocycles. The molecule has 4 heteroatoms. The normalized spacial score (nSPS) is 18.1. The van der Waals surface area contributed by atoms with Crippen LogP contribution in [0.2, 0.25) is 0 Å². The van der Waals surface area contributed by atoms with Crippen LogP contribution < -0.4 is 4.90 Å². The van der Waals surface area contributed by atoms with Crippen LogP contribution in [0.25, 0.3) is 0 Å². The lowest BCUT2D eigenvalue weighted by molar-refractivity contribution is 0.239. The first-order valence-corrected chi connectivity index (χ1v) is 6.96. The van der Waals surface area contributed by atoms with E-state index >= 15 is 0 Å². The first-order valence-electron chi connectivity index (χ1n) is 6.96. The Bertz CT molecular complexity index is 339. The van der Waals surface area contributed by atoms with Crippen molar-refractivity contribution >= 4 is 5.95 Å². The quantitative estimate of drug-likeness (QED) is 0.821. The van der Waals surface area contributed by atoms with Crippen molar-refractivity contribution in [3.8, 4) is 0 Å². The van der Waals surface area contributed by atoms with Gasteiger partial charge in [0, 0.05) is 38.6 Å². The molecule has 2 heterocycles. The molecule has 4 nitrogen and oxygen atoms in total. The predicted molar refractivity (Wildman–Crippen MR) is 74.7 cm³/mol. The molecule has 18 heavy (non-hydrogen) atoms. The molecule has 100 valence electrons. The van der Waals surface area contributed by atoms with Crippen molar-refractivity contribution in [2.75, 3.05) is 32.1 Å². The van der Waals surface area contributed by atoms with Gasteiger partial charge in [-0.3, -0.25) is 4.90 Å². The van der Waals surface area contributed by atoms with Crippen molar-refractivity contribution in [2.45, 2.75) is 38.6 Å². The Balaban J connectivity index is 1.90. The predicted octanol–water partition coefficient (Wildman–Crippen LogP) is 2.31. The second-order valence-electron chi connectivity index (χ2n) is 5.33. The van der Waals surface area contributed by atoms with Gasteiger partial charge in [0.2, 0.25) is 5.95 Å². The molecule has 0 amide bonds. The van der Waals surface area contributed by atoms with Gasteiger partial charge in [0.15, 0.2) is 0 Å². The van der Waals surface area contributed by atoms with E-state index in [0.717, 1.165) is 12.5 Å². The van der Waals surface area contributed by atoms with Crippen LogP contribution in [0.3, 0.4) is 0 Å². The summed E-state index contributed by atoms with van der Waals surface area (Å²) in [5, 5.41) is 0. The molecule has 0 aromatic carbocycles. The fraction of sp³-hybridized carbons (Fsp3) is 0.714. The molecule has 1 aromatic rings. The lowest BCUT2D eigenvalue weighted by Crippen LogP contribution is -2.27. The van der Waals surface area contributed by atoms with E-state index in [9.17, 15) is 0 Å². The summed E-state index contributed by atoms with van der Waals surface area (Å²) in [6, 6.07) is 0. The van der Waals surface area contributed by atoms with Crippen molar-refractivity contribution in [3.05, 3.63) is 18.0 Å². The van der Waals surface area contributed by atoms with Crippen molar-refractivity contribution in [3.63, 3.8) is 0 Å². The van der Waals surface area contributed by atoms with Gasteiger partial charge in [0.25, 0.3) is 0 Å². The average molecular weight is 248 g/mol. The van der Waals surface area contributed by atoms with E-state index in [1.165, 1.54) is 50.8 Å². The van der Waals surface area contributed by atoms with Crippen LogP contribution >= 0.6 is 0 Å². The summed E-state index contributed by atoms with van der Waals surface area (Å²) in [6.45, 7) is 3.43. The van der Waals surface area contributed by atoms with Gasteiger partial charge >= 0.3 is 0 Å². The smallest absolute Gasteiger partial charge is 0.224 e. The van der Waals surface area contributed by atoms with Crippen LogP contribution in [-0.4, -0.2) is 42.1 Å². The molecule has 1 aromatic heterocycles. The molecule has 0 atom stereocenters. The van der Waals surface area contributed by atoms with E-state index in [1.54, 1.807) is 0 Å². The first-order chi connectivity index (χ1) is 8.75. The molecular weight excluding hydrogens is 224 g/mol. The minimum Gasteiger partial charge on any atom is -0.347 e. The molecule has 0 bridgehead atoms. The van der Waals surface area contributed by atoms with E-state index < -0.39 is 0 Å². The molecule has 0 radical (unpaired) electrons. The molecule has 2 rings (SSSR count). The molecule has 0 unspecified atom stereocenters. The minimum atomic E-state index is 0.784. The first kappa shape index (κ1) is 13.3. The molecule has 1 fully saturated rings. The van der Waals surface area contributed by atoms with Gasteiger partial charge in [-0.05, 0) is 25.9 Å². The van der Waals surface area contributed by atoms with Crippen LogP contribution in [0.5, 0.6) is 0 Å². The number of hydrogen-bond acceptors (Lipinski definition) is 4. The molecule has 1 aliphatic heterocycles. The Hall–Kier alpha value is -1.16. The van der Waals surface area contributed by atoms with Crippen molar-refractivity contribution in [1.82, 2.24) is 14.9 Å². The van der Waals surface area contributed by atoms with Gasteiger partial charge < -0.3 is 4.90 Å². The average Bonchev–Trinajstić information content (AvgIpc) is 2.33. The standard InChI is InChI=1S/C14H24N4/c1-17(2)14-15-10-13(11-16-14)12-18-8-6-4-3-5-7-9-18/h10-11H,3-9,12H2,1-2H3. The zero-order valence-corrected chi connectivity index (χ0v) is 11.6. The summed E-state index contributed by atoms with van der Waals surface area (Å²) in [4.78, 5) is 13.2. The van der Waals surface area contributed by atoms with Gasteiger partial charge in [0.1, 0.15) is 0 Å². The number of hydrogen-bond donors (Lipinski definition) is 0. The Kier molecular flexibility index (Phi) is 4.93. The fourth-order valence-corrected chi connectivity index (χ4v) is 2.39. The monoisotopic (exact) mass is 248 g/mol. The summed E-state index contributed by atoms with van der Waals surface area (Å²) in [7, 11) is 3.93. The third kappa shape index (κ3) is 3.95. The van der Waals surface area contributed by atoms with Gasteiger partial charge in [0.05, 0.1) is 0 Å². The molecule has 0 aliphatic carbocycles. The number of likely N-dealkylation sites (tertiary alicyclic amines) is 1. The maximum atomic E-state index is 4.37. The van der Waals surface area contributed by atoms with Crippen molar-refractivity contribution in [2.24, 2.45) is 0 Å². The number of anilines is 1. The van der Waals surface area contributed by atoms with Crippen LogP contribution in [0.4, 0.5) is 5.95 Å². The Morgan fingerprint density at radius 3 is 2.11 bits per heavy atom. The second kappa shape index (κ2) is 6.69. The van der Waals surface area contributed by atoms with E-state index in [4.69, 9.17) is 0 Å². The van der Waals surface area contributed by atoms with Gasteiger partial charge in [-0.25, -0.2) is 9.97 Å². The third-order valence-electron chi connectivity index (χ3n) is 3.45. The van der Waals surface area contributed by atoms with Crippen LogP contribution in [0, 0.1) is 0 Å². The highest BCUT2D eigenvalue weighted by Gasteiger charge is 2.09. The van der Waals surface area contributed by atoms with Gasteiger partial charge in [-0.2, -0.15) is 0 Å².